The first kappa shape index (κ1) is 9.64. The van der Waals surface area contributed by atoms with Crippen molar-refractivity contribution < 1.29 is 0 Å². The highest BCUT2D eigenvalue weighted by molar-refractivity contribution is 6.10. The lowest BCUT2D eigenvalue weighted by Gasteiger charge is -1.90. The Hall–Kier alpha value is -1.36. The predicted molar refractivity (Wildman–Crippen MR) is 47.3 cm³/mol. The summed E-state index contributed by atoms with van der Waals surface area (Å²) in [4.78, 5) is 3.94. The highest BCUT2D eigenvalue weighted by atomic mass is 14.7. The number of rotatable bonds is 2. The summed E-state index contributed by atoms with van der Waals surface area (Å²) in [7, 11) is 0. The lowest BCUT2D eigenvalue weighted by Crippen LogP contribution is -1.92. The quantitative estimate of drug-likeness (QED) is 0.554. The summed E-state index contributed by atoms with van der Waals surface area (Å²) in [5.74, 6) is 0. The first-order valence-corrected chi connectivity index (χ1v) is 3.35. The molecular weight excluding hydrogens is 136 g/mol. The molecule has 0 fully saturated rings. The molecule has 2 heteroatoms. The van der Waals surface area contributed by atoms with E-state index in [-0.39, 0.29) is 0 Å². The van der Waals surface area contributed by atoms with Gasteiger partial charge in [0.1, 0.15) is 11.8 Å². The molecule has 0 aliphatic carbocycles. The fourth-order valence-corrected chi connectivity index (χ4v) is 0.428. The molecule has 0 bridgehead atoms. The van der Waals surface area contributed by atoms with Crippen molar-refractivity contribution in [1.29, 1.82) is 5.26 Å². The zero-order valence-electron chi connectivity index (χ0n) is 7.18. The summed E-state index contributed by atoms with van der Waals surface area (Å²) in [6.45, 7) is 9.24. The van der Waals surface area contributed by atoms with Crippen LogP contribution in [0.2, 0.25) is 0 Å². The van der Waals surface area contributed by atoms with E-state index >= 15 is 0 Å². The molecule has 0 aromatic rings. The zero-order chi connectivity index (χ0) is 8.85. The third-order valence-electron chi connectivity index (χ3n) is 0.962. The molecular formula is C9H12N2. The molecule has 58 valence electrons. The molecule has 0 aliphatic rings. The van der Waals surface area contributed by atoms with E-state index in [4.69, 9.17) is 5.26 Å². The molecule has 0 aromatic carbocycles. The number of aliphatic imine (C=N–C) groups is 1. The van der Waals surface area contributed by atoms with Crippen molar-refractivity contribution >= 4 is 5.71 Å². The lowest BCUT2D eigenvalue weighted by atomic mass is 10.2. The number of hydrogen-bond acceptors (Lipinski definition) is 2. The number of nitrogens with zero attached hydrogens (tertiary/aromatic N) is 2. The van der Waals surface area contributed by atoms with E-state index < -0.39 is 0 Å². The molecule has 0 N–H and O–H groups in total. The largest absolute Gasteiger partial charge is 0.245 e. The Kier molecular flexibility index (Phi) is 3.90. The van der Waals surface area contributed by atoms with Crippen LogP contribution in [0.15, 0.2) is 28.9 Å². The van der Waals surface area contributed by atoms with Gasteiger partial charge in [0.15, 0.2) is 0 Å². The van der Waals surface area contributed by atoms with E-state index in [1.807, 2.05) is 19.9 Å². The van der Waals surface area contributed by atoms with Crippen LogP contribution in [0.25, 0.3) is 0 Å². The minimum atomic E-state index is 0.395. The first-order valence-electron chi connectivity index (χ1n) is 3.35. The van der Waals surface area contributed by atoms with Crippen molar-refractivity contribution in [3.8, 4) is 6.07 Å². The molecule has 0 aromatic heterocycles. The Balaban J connectivity index is 4.54. The Morgan fingerprint density at radius 2 is 2.00 bits per heavy atom. The maximum Gasteiger partial charge on any atom is 0.142 e. The minimum Gasteiger partial charge on any atom is -0.245 e. The molecule has 0 spiro atoms. The van der Waals surface area contributed by atoms with Crippen molar-refractivity contribution in [2.45, 2.75) is 20.8 Å². The van der Waals surface area contributed by atoms with Gasteiger partial charge in [-0.2, -0.15) is 5.26 Å². The molecule has 0 heterocycles. The topological polar surface area (TPSA) is 36.1 Å². The third kappa shape index (κ3) is 4.10. The Morgan fingerprint density at radius 1 is 1.45 bits per heavy atom. The minimum absolute atomic E-state index is 0.395. The first-order chi connectivity index (χ1) is 5.07. The number of allylic oxidation sites excluding steroid dienone is 2. The van der Waals surface area contributed by atoms with E-state index in [9.17, 15) is 0 Å². The van der Waals surface area contributed by atoms with Gasteiger partial charge in [0.2, 0.25) is 0 Å². The number of hydrogen-bond donors (Lipinski definition) is 0. The number of nitriles is 1. The van der Waals surface area contributed by atoms with Gasteiger partial charge in [0, 0.05) is 6.20 Å². The molecule has 0 saturated heterocycles. The second-order valence-electron chi connectivity index (χ2n) is 2.58. The normalized spacial score (nSPS) is 10.2. The fraction of sp³-hybridized carbons (Fsp3) is 0.333. The van der Waals surface area contributed by atoms with Crippen molar-refractivity contribution in [3.05, 3.63) is 23.9 Å². The standard InChI is InChI=1S/C9H12N2/c1-7(2)6-11-9(5-10)8(3)4/h6H,3H2,1-2,4H3. The van der Waals surface area contributed by atoms with Crippen LogP contribution in [0.4, 0.5) is 0 Å². The summed E-state index contributed by atoms with van der Waals surface area (Å²) in [5, 5.41) is 8.54. The van der Waals surface area contributed by atoms with Gasteiger partial charge < -0.3 is 0 Å². The maximum atomic E-state index is 8.54. The van der Waals surface area contributed by atoms with E-state index in [1.54, 1.807) is 13.1 Å². The molecule has 2 nitrogen and oxygen atoms in total. The smallest absolute Gasteiger partial charge is 0.142 e. The van der Waals surface area contributed by atoms with Gasteiger partial charge in [-0.25, -0.2) is 4.99 Å². The second kappa shape index (κ2) is 4.45. The van der Waals surface area contributed by atoms with E-state index in [2.05, 4.69) is 11.6 Å². The van der Waals surface area contributed by atoms with Gasteiger partial charge in [-0.15, -0.1) is 0 Å². The molecule has 0 saturated carbocycles. The summed E-state index contributed by atoms with van der Waals surface area (Å²) >= 11 is 0. The molecule has 0 aliphatic heterocycles. The van der Waals surface area contributed by atoms with Crippen LogP contribution in [-0.2, 0) is 0 Å². The van der Waals surface area contributed by atoms with Crippen LogP contribution in [0, 0.1) is 11.3 Å². The van der Waals surface area contributed by atoms with E-state index in [0.717, 1.165) is 5.57 Å². The SMILES string of the molecule is C=C(C)C(C#N)=NC=C(C)C. The van der Waals surface area contributed by atoms with Gasteiger partial charge in [0.05, 0.1) is 0 Å². The van der Waals surface area contributed by atoms with Gasteiger partial charge in [-0.1, -0.05) is 12.2 Å². The molecule has 0 rings (SSSR count). The van der Waals surface area contributed by atoms with Crippen LogP contribution in [-0.4, -0.2) is 5.71 Å². The molecule has 0 unspecified atom stereocenters. The summed E-state index contributed by atoms with van der Waals surface area (Å²) in [6, 6.07) is 1.96. The van der Waals surface area contributed by atoms with Gasteiger partial charge in [-0.3, -0.25) is 0 Å². The van der Waals surface area contributed by atoms with Crippen LogP contribution in [0.1, 0.15) is 20.8 Å². The summed E-state index contributed by atoms with van der Waals surface area (Å²) < 4.78 is 0. The Bertz CT molecular complexity index is 247. The average molecular weight is 148 g/mol. The lowest BCUT2D eigenvalue weighted by molar-refractivity contribution is 1.33. The third-order valence-corrected chi connectivity index (χ3v) is 0.962. The van der Waals surface area contributed by atoms with Gasteiger partial charge in [0.25, 0.3) is 0 Å². The maximum absolute atomic E-state index is 8.54. The Labute approximate surface area is 67.6 Å². The molecule has 11 heavy (non-hydrogen) atoms. The highest BCUT2D eigenvalue weighted by Crippen LogP contribution is 1.95. The van der Waals surface area contributed by atoms with Crippen molar-refractivity contribution in [2.24, 2.45) is 4.99 Å². The second-order valence-corrected chi connectivity index (χ2v) is 2.58. The van der Waals surface area contributed by atoms with E-state index in [0.29, 0.717) is 11.3 Å². The molecule has 0 radical (unpaired) electrons. The van der Waals surface area contributed by atoms with Gasteiger partial charge >= 0.3 is 0 Å². The zero-order valence-corrected chi connectivity index (χ0v) is 7.18. The van der Waals surface area contributed by atoms with Crippen LogP contribution >= 0.6 is 0 Å². The van der Waals surface area contributed by atoms with Crippen LogP contribution in [0.5, 0.6) is 0 Å². The highest BCUT2D eigenvalue weighted by Gasteiger charge is 1.93. The van der Waals surface area contributed by atoms with Crippen LogP contribution in [0.3, 0.4) is 0 Å². The predicted octanol–water partition coefficient (Wildman–Crippen LogP) is 2.45. The van der Waals surface area contributed by atoms with Crippen molar-refractivity contribution in [2.75, 3.05) is 0 Å². The van der Waals surface area contributed by atoms with Crippen molar-refractivity contribution in [1.82, 2.24) is 0 Å². The summed E-state index contributed by atoms with van der Waals surface area (Å²) in [6.07, 6.45) is 1.66. The van der Waals surface area contributed by atoms with Crippen molar-refractivity contribution in [3.63, 3.8) is 0 Å². The average Bonchev–Trinajstić information content (AvgIpc) is 1.87. The molecule has 0 amide bonds. The fourth-order valence-electron chi connectivity index (χ4n) is 0.428. The molecule has 0 atom stereocenters. The monoisotopic (exact) mass is 148 g/mol. The van der Waals surface area contributed by atoms with Crippen LogP contribution < -0.4 is 0 Å². The van der Waals surface area contributed by atoms with E-state index in [1.165, 1.54) is 0 Å². The Morgan fingerprint density at radius 3 is 2.27 bits per heavy atom. The summed E-state index contributed by atoms with van der Waals surface area (Å²) in [5.41, 5.74) is 2.16. The van der Waals surface area contributed by atoms with Gasteiger partial charge in [-0.05, 0) is 26.3 Å².